The summed E-state index contributed by atoms with van der Waals surface area (Å²) in [5.41, 5.74) is 11.3. The van der Waals surface area contributed by atoms with E-state index in [9.17, 15) is 0 Å². The molecule has 0 radical (unpaired) electrons. The van der Waals surface area contributed by atoms with E-state index in [4.69, 9.17) is 0 Å². The van der Waals surface area contributed by atoms with Crippen molar-refractivity contribution in [2.45, 2.75) is 77.8 Å². The fourth-order valence-corrected chi connectivity index (χ4v) is 9.78. The third-order valence-corrected chi connectivity index (χ3v) is 12.7. The Kier molecular flexibility index (Phi) is 7.81. The quantitative estimate of drug-likeness (QED) is 0.348. The third-order valence-electron chi connectivity index (χ3n) is 4.83. The second-order valence-corrected chi connectivity index (χ2v) is 20.0. The molecule has 1 rings (SSSR count). The highest BCUT2D eigenvalue weighted by Gasteiger charge is 2.41. The van der Waals surface area contributed by atoms with Crippen molar-refractivity contribution in [1.82, 2.24) is 0 Å². The van der Waals surface area contributed by atoms with Gasteiger partial charge < -0.3 is 0 Å². The number of rotatable bonds is 3. The van der Waals surface area contributed by atoms with E-state index < -0.39 is 16.1 Å². The Morgan fingerprint density at radius 3 is 1.72 bits per heavy atom. The first-order chi connectivity index (χ1) is 11.4. The standard InChI is InChI=1S/C22H33BrSi2/c1-17(2)25(18(3)4,19(5)6)15-12-20-10-11-21(22(23)16-20)13-14-24(7,8)9/h10-11,16-19H,1-9H3. The van der Waals surface area contributed by atoms with E-state index in [1.54, 1.807) is 0 Å². The lowest BCUT2D eigenvalue weighted by Gasteiger charge is -2.38. The van der Waals surface area contributed by atoms with Gasteiger partial charge in [0.15, 0.2) is 0 Å². The largest absolute Gasteiger partial charge is 0.146 e. The molecule has 0 aliphatic rings. The SMILES string of the molecule is CC(C)[Si](C#Cc1ccc(C#C[Si](C)(C)C)c(Br)c1)(C(C)C)C(C)C. The molecule has 0 aliphatic heterocycles. The van der Waals surface area contributed by atoms with E-state index >= 15 is 0 Å². The molecule has 0 aromatic heterocycles. The number of hydrogen-bond acceptors (Lipinski definition) is 0. The summed E-state index contributed by atoms with van der Waals surface area (Å²) in [5, 5.41) is 0. The molecule has 0 unspecified atom stereocenters. The van der Waals surface area contributed by atoms with Gasteiger partial charge in [-0.05, 0) is 50.8 Å². The lowest BCUT2D eigenvalue weighted by molar-refractivity contribution is 0.838. The summed E-state index contributed by atoms with van der Waals surface area (Å²) in [6.45, 7) is 20.9. The fraction of sp³-hybridized carbons (Fsp3) is 0.545. The Morgan fingerprint density at radius 2 is 1.32 bits per heavy atom. The van der Waals surface area contributed by atoms with E-state index in [2.05, 4.69) is 118 Å². The Morgan fingerprint density at radius 1 is 0.800 bits per heavy atom. The molecule has 3 heteroatoms. The molecule has 0 aliphatic carbocycles. The smallest absolute Gasteiger partial charge is 0.127 e. The van der Waals surface area contributed by atoms with Crippen LogP contribution in [0.2, 0.25) is 36.3 Å². The Hall–Kier alpha value is -0.746. The van der Waals surface area contributed by atoms with Gasteiger partial charge in [-0.1, -0.05) is 73.0 Å². The molecule has 0 nitrogen and oxygen atoms in total. The predicted octanol–water partition coefficient (Wildman–Crippen LogP) is 7.25. The zero-order valence-corrected chi connectivity index (χ0v) is 20.9. The van der Waals surface area contributed by atoms with Crippen LogP contribution >= 0.6 is 15.9 Å². The summed E-state index contributed by atoms with van der Waals surface area (Å²) in [5.74, 6) is 6.84. The molecule has 1 aromatic rings. The van der Waals surface area contributed by atoms with Crippen LogP contribution in [0.15, 0.2) is 22.7 Å². The van der Waals surface area contributed by atoms with E-state index in [-0.39, 0.29) is 0 Å². The summed E-state index contributed by atoms with van der Waals surface area (Å²) in [6.07, 6.45) is 0. The Balaban J connectivity index is 3.26. The average Bonchev–Trinajstić information content (AvgIpc) is 2.44. The summed E-state index contributed by atoms with van der Waals surface area (Å²) in [7, 11) is -3.04. The predicted molar refractivity (Wildman–Crippen MR) is 122 cm³/mol. The van der Waals surface area contributed by atoms with Crippen LogP contribution < -0.4 is 0 Å². The van der Waals surface area contributed by atoms with Crippen LogP contribution in [0, 0.1) is 22.9 Å². The highest BCUT2D eigenvalue weighted by Crippen LogP contribution is 2.40. The van der Waals surface area contributed by atoms with E-state index in [0.717, 1.165) is 15.6 Å². The van der Waals surface area contributed by atoms with E-state index in [0.29, 0.717) is 16.6 Å². The maximum atomic E-state index is 3.79. The molecule has 0 amide bonds. The van der Waals surface area contributed by atoms with Gasteiger partial charge in [0.25, 0.3) is 0 Å². The summed E-state index contributed by atoms with van der Waals surface area (Å²) in [4.78, 5) is 0. The van der Waals surface area contributed by atoms with Crippen LogP contribution in [0.3, 0.4) is 0 Å². The third kappa shape index (κ3) is 5.88. The number of hydrogen-bond donors (Lipinski definition) is 0. The molecule has 1 aromatic carbocycles. The van der Waals surface area contributed by atoms with Crippen LogP contribution in [-0.2, 0) is 0 Å². The molecule has 0 saturated carbocycles. The van der Waals surface area contributed by atoms with E-state index in [1.807, 2.05) is 0 Å². The second-order valence-electron chi connectivity index (χ2n) is 8.84. The van der Waals surface area contributed by atoms with Crippen molar-refractivity contribution in [3.8, 4) is 22.9 Å². The highest BCUT2D eigenvalue weighted by molar-refractivity contribution is 9.10. The minimum atomic E-state index is -1.68. The summed E-state index contributed by atoms with van der Waals surface area (Å²) in [6, 6.07) is 6.35. The molecule has 0 spiro atoms. The van der Waals surface area contributed by atoms with Crippen molar-refractivity contribution in [3.63, 3.8) is 0 Å². The van der Waals surface area contributed by atoms with Gasteiger partial charge in [-0.15, -0.1) is 11.1 Å². The molecule has 0 atom stereocenters. The minimum Gasteiger partial charge on any atom is -0.127 e. The van der Waals surface area contributed by atoms with Crippen molar-refractivity contribution in [2.75, 3.05) is 0 Å². The van der Waals surface area contributed by atoms with E-state index in [1.165, 1.54) is 0 Å². The second kappa shape index (κ2) is 8.76. The van der Waals surface area contributed by atoms with Crippen LogP contribution in [0.5, 0.6) is 0 Å². The number of benzene rings is 1. The topological polar surface area (TPSA) is 0 Å². The van der Waals surface area contributed by atoms with Crippen molar-refractivity contribution >= 4 is 32.1 Å². The van der Waals surface area contributed by atoms with Crippen LogP contribution in [0.25, 0.3) is 0 Å². The van der Waals surface area contributed by atoms with Gasteiger partial charge in [-0.25, -0.2) is 0 Å². The van der Waals surface area contributed by atoms with Gasteiger partial charge in [0.05, 0.1) is 0 Å². The van der Waals surface area contributed by atoms with Gasteiger partial charge in [0, 0.05) is 15.6 Å². The Bertz CT molecular complexity index is 695. The molecule has 0 fully saturated rings. The summed E-state index contributed by atoms with van der Waals surface area (Å²) < 4.78 is 1.05. The lowest BCUT2D eigenvalue weighted by atomic mass is 10.1. The molecular weight excluding hydrogens is 400 g/mol. The first-order valence-electron chi connectivity index (χ1n) is 9.26. The van der Waals surface area contributed by atoms with Gasteiger partial charge >= 0.3 is 0 Å². The monoisotopic (exact) mass is 432 g/mol. The molecule has 25 heavy (non-hydrogen) atoms. The van der Waals surface area contributed by atoms with Gasteiger partial charge in [0.1, 0.15) is 16.1 Å². The average molecular weight is 434 g/mol. The van der Waals surface area contributed by atoms with Gasteiger partial charge in [-0.3, -0.25) is 0 Å². The van der Waals surface area contributed by atoms with Crippen molar-refractivity contribution in [1.29, 1.82) is 0 Å². The molecular formula is C22H33BrSi2. The maximum absolute atomic E-state index is 3.79. The van der Waals surface area contributed by atoms with Crippen LogP contribution in [0.1, 0.15) is 52.7 Å². The first kappa shape index (κ1) is 22.3. The summed E-state index contributed by atoms with van der Waals surface area (Å²) >= 11 is 3.68. The van der Waals surface area contributed by atoms with Crippen LogP contribution in [-0.4, -0.2) is 16.1 Å². The van der Waals surface area contributed by atoms with Crippen LogP contribution in [0.4, 0.5) is 0 Å². The molecule has 136 valence electrons. The highest BCUT2D eigenvalue weighted by atomic mass is 79.9. The zero-order chi connectivity index (χ0) is 19.4. The van der Waals surface area contributed by atoms with Gasteiger partial charge in [-0.2, -0.15) is 0 Å². The molecule has 0 N–H and O–H groups in total. The number of halogens is 1. The van der Waals surface area contributed by atoms with Crippen molar-refractivity contribution in [2.24, 2.45) is 0 Å². The molecule has 0 heterocycles. The lowest BCUT2D eigenvalue weighted by Crippen LogP contribution is -2.43. The Labute approximate surface area is 166 Å². The first-order valence-corrected chi connectivity index (χ1v) is 15.8. The molecule has 0 bridgehead atoms. The normalized spacial score (nSPS) is 12.0. The zero-order valence-electron chi connectivity index (χ0n) is 17.3. The van der Waals surface area contributed by atoms with Gasteiger partial charge in [0.2, 0.25) is 0 Å². The van der Waals surface area contributed by atoms with Crippen molar-refractivity contribution in [3.05, 3.63) is 33.8 Å². The minimum absolute atomic E-state index is 0.658. The fourth-order valence-electron chi connectivity index (χ4n) is 3.56. The molecule has 0 saturated heterocycles. The van der Waals surface area contributed by atoms with Crippen molar-refractivity contribution < 1.29 is 0 Å². The maximum Gasteiger partial charge on any atom is 0.146 e.